The molecule has 0 spiro atoms. The van der Waals surface area contributed by atoms with Crippen LogP contribution >= 0.6 is 11.6 Å². The summed E-state index contributed by atoms with van der Waals surface area (Å²) in [6.07, 6.45) is 0.916. The molecule has 1 atom stereocenters. The van der Waals surface area contributed by atoms with Gasteiger partial charge in [0.15, 0.2) is 0 Å². The molecule has 9 heteroatoms. The Kier molecular flexibility index (Phi) is 5.61. The Labute approximate surface area is 139 Å². The van der Waals surface area contributed by atoms with Gasteiger partial charge in [-0.15, -0.1) is 0 Å². The molecule has 1 heterocycles. The second-order valence-electron chi connectivity index (χ2n) is 5.29. The number of halogens is 1. The molecule has 0 radical (unpaired) electrons. The van der Waals surface area contributed by atoms with Crippen molar-refractivity contribution in [1.82, 2.24) is 9.62 Å². The van der Waals surface area contributed by atoms with Crippen LogP contribution in [0.15, 0.2) is 24.3 Å². The highest BCUT2D eigenvalue weighted by Crippen LogP contribution is 2.20. The van der Waals surface area contributed by atoms with Crippen molar-refractivity contribution in [3.05, 3.63) is 34.9 Å². The fourth-order valence-electron chi connectivity index (χ4n) is 2.46. The van der Waals surface area contributed by atoms with E-state index in [-0.39, 0.29) is 12.5 Å². The van der Waals surface area contributed by atoms with Crippen molar-refractivity contribution in [3.8, 4) is 0 Å². The number of hydrogen-bond donors (Lipinski definition) is 2. The van der Waals surface area contributed by atoms with Gasteiger partial charge >= 0.3 is 5.97 Å². The van der Waals surface area contributed by atoms with Gasteiger partial charge in [-0.1, -0.05) is 17.7 Å². The molecule has 1 aromatic carbocycles. The van der Waals surface area contributed by atoms with Crippen molar-refractivity contribution in [1.29, 1.82) is 0 Å². The number of carbonyl (C=O) groups excluding carboxylic acids is 1. The minimum Gasteiger partial charge on any atom is -0.480 e. The van der Waals surface area contributed by atoms with Crippen molar-refractivity contribution < 1.29 is 23.1 Å². The van der Waals surface area contributed by atoms with E-state index < -0.39 is 27.8 Å². The number of sulfonamides is 1. The number of nitrogens with zero attached hydrogens (tertiary/aromatic N) is 1. The predicted octanol–water partition coefficient (Wildman–Crippen LogP) is 0.949. The molecular weight excluding hydrogens is 344 g/mol. The zero-order valence-corrected chi connectivity index (χ0v) is 13.8. The maximum atomic E-state index is 12.4. The topological polar surface area (TPSA) is 104 Å². The second kappa shape index (κ2) is 7.29. The molecule has 1 unspecified atom stereocenters. The third-order valence-electron chi connectivity index (χ3n) is 3.60. The van der Waals surface area contributed by atoms with Gasteiger partial charge in [0.05, 0.1) is 5.25 Å². The van der Waals surface area contributed by atoms with E-state index in [1.807, 2.05) is 0 Å². The lowest BCUT2D eigenvalue weighted by Gasteiger charge is -2.32. The van der Waals surface area contributed by atoms with E-state index in [4.69, 9.17) is 16.7 Å². The van der Waals surface area contributed by atoms with Crippen molar-refractivity contribution in [3.63, 3.8) is 0 Å². The molecular formula is C14H17ClN2O5S. The first-order valence-corrected chi connectivity index (χ1v) is 8.97. The number of likely N-dealkylation sites (tertiary alicyclic amines) is 1. The van der Waals surface area contributed by atoms with Crippen LogP contribution in [0.3, 0.4) is 0 Å². The molecule has 1 aliphatic heterocycles. The molecule has 1 amide bonds. The molecule has 0 aromatic heterocycles. The monoisotopic (exact) mass is 360 g/mol. The summed E-state index contributed by atoms with van der Waals surface area (Å²) >= 11 is 5.87. The molecule has 0 bridgehead atoms. The molecule has 2 rings (SSSR count). The molecule has 1 saturated heterocycles. The second-order valence-corrected chi connectivity index (χ2v) is 7.77. The molecule has 126 valence electrons. The first-order chi connectivity index (χ1) is 10.8. The van der Waals surface area contributed by atoms with Crippen molar-refractivity contribution in [2.75, 3.05) is 19.6 Å². The van der Waals surface area contributed by atoms with Crippen LogP contribution in [-0.4, -0.2) is 55.2 Å². The number of benzene rings is 1. The quantitative estimate of drug-likeness (QED) is 0.813. The number of rotatable bonds is 5. The van der Waals surface area contributed by atoms with E-state index in [1.54, 1.807) is 18.2 Å². The van der Waals surface area contributed by atoms with Crippen LogP contribution in [0.25, 0.3) is 0 Å². The molecule has 0 aliphatic carbocycles. The standard InChI is InChI=1S/C14H17ClN2O5S/c15-11-4-1-3-10(7-11)14(20)17-6-2-5-12(9-17)23(21,22)16-8-13(18)19/h1,3-4,7,12,16H,2,5-6,8-9H2,(H,18,19). The summed E-state index contributed by atoms with van der Waals surface area (Å²) in [6.45, 7) is -0.183. The number of carbonyl (C=O) groups is 2. The van der Waals surface area contributed by atoms with E-state index in [0.29, 0.717) is 30.0 Å². The minimum atomic E-state index is -3.79. The first-order valence-electron chi connectivity index (χ1n) is 7.05. The van der Waals surface area contributed by atoms with Gasteiger partial charge in [0.2, 0.25) is 10.0 Å². The highest BCUT2D eigenvalue weighted by atomic mass is 35.5. The lowest BCUT2D eigenvalue weighted by atomic mass is 10.1. The number of hydrogen-bond acceptors (Lipinski definition) is 4. The summed E-state index contributed by atoms with van der Waals surface area (Å²) in [6, 6.07) is 6.46. The van der Waals surface area contributed by atoms with Gasteiger partial charge in [0.1, 0.15) is 6.54 Å². The van der Waals surface area contributed by atoms with Crippen LogP contribution in [0.2, 0.25) is 5.02 Å². The van der Waals surface area contributed by atoms with E-state index in [2.05, 4.69) is 4.72 Å². The molecule has 0 saturated carbocycles. The predicted molar refractivity (Wildman–Crippen MR) is 84.9 cm³/mol. The first kappa shape index (κ1) is 17.7. The molecule has 2 N–H and O–H groups in total. The summed E-state index contributed by atoms with van der Waals surface area (Å²) in [5.41, 5.74) is 0.397. The smallest absolute Gasteiger partial charge is 0.318 e. The average molecular weight is 361 g/mol. The van der Waals surface area contributed by atoms with Crippen LogP contribution < -0.4 is 4.72 Å². The maximum absolute atomic E-state index is 12.4. The Morgan fingerprint density at radius 1 is 1.39 bits per heavy atom. The van der Waals surface area contributed by atoms with Gasteiger partial charge in [-0.2, -0.15) is 0 Å². The summed E-state index contributed by atoms with van der Waals surface area (Å²) in [5, 5.41) is 8.20. The van der Waals surface area contributed by atoms with E-state index in [9.17, 15) is 18.0 Å². The molecule has 1 fully saturated rings. The van der Waals surface area contributed by atoms with Crippen molar-refractivity contribution in [2.45, 2.75) is 18.1 Å². The SMILES string of the molecule is O=C(O)CNS(=O)(=O)C1CCCN(C(=O)c2cccc(Cl)c2)C1. The Balaban J connectivity index is 2.08. The van der Waals surface area contributed by atoms with Gasteiger partial charge < -0.3 is 10.0 Å². The largest absolute Gasteiger partial charge is 0.480 e. The number of piperidine rings is 1. The highest BCUT2D eigenvalue weighted by molar-refractivity contribution is 7.90. The van der Waals surface area contributed by atoms with Gasteiger partial charge in [-0.3, -0.25) is 9.59 Å². The summed E-state index contributed by atoms with van der Waals surface area (Å²) < 4.78 is 26.3. The maximum Gasteiger partial charge on any atom is 0.318 e. The lowest BCUT2D eigenvalue weighted by Crippen LogP contribution is -2.49. The molecule has 7 nitrogen and oxygen atoms in total. The fraction of sp³-hybridized carbons (Fsp3) is 0.429. The van der Waals surface area contributed by atoms with Gasteiger partial charge in [0, 0.05) is 23.7 Å². The molecule has 1 aliphatic rings. The Morgan fingerprint density at radius 3 is 2.78 bits per heavy atom. The van der Waals surface area contributed by atoms with Crippen molar-refractivity contribution >= 4 is 33.5 Å². The summed E-state index contributed by atoms with van der Waals surface area (Å²) in [5.74, 6) is -1.54. The summed E-state index contributed by atoms with van der Waals surface area (Å²) in [7, 11) is -3.79. The number of carboxylic acids is 1. The Hall–Kier alpha value is -1.64. The van der Waals surface area contributed by atoms with Gasteiger partial charge in [-0.25, -0.2) is 13.1 Å². The van der Waals surface area contributed by atoms with Crippen LogP contribution in [-0.2, 0) is 14.8 Å². The normalized spacial score (nSPS) is 18.7. The zero-order chi connectivity index (χ0) is 17.0. The summed E-state index contributed by atoms with van der Waals surface area (Å²) in [4.78, 5) is 24.4. The fourth-order valence-corrected chi connectivity index (χ4v) is 4.06. The third kappa shape index (κ3) is 4.66. The van der Waals surface area contributed by atoms with Crippen LogP contribution in [0.5, 0.6) is 0 Å². The van der Waals surface area contributed by atoms with E-state index in [0.717, 1.165) is 0 Å². The Bertz CT molecular complexity index is 707. The van der Waals surface area contributed by atoms with Gasteiger partial charge in [0.25, 0.3) is 5.91 Å². The van der Waals surface area contributed by atoms with Crippen LogP contribution in [0.4, 0.5) is 0 Å². The third-order valence-corrected chi connectivity index (χ3v) is 5.64. The van der Waals surface area contributed by atoms with Crippen LogP contribution in [0, 0.1) is 0 Å². The number of amides is 1. The van der Waals surface area contributed by atoms with Gasteiger partial charge in [-0.05, 0) is 31.0 Å². The van der Waals surface area contributed by atoms with E-state index >= 15 is 0 Å². The highest BCUT2D eigenvalue weighted by Gasteiger charge is 2.33. The molecule has 1 aromatic rings. The lowest BCUT2D eigenvalue weighted by molar-refractivity contribution is -0.135. The number of carboxylic acid groups (broad SMARTS) is 1. The average Bonchev–Trinajstić information content (AvgIpc) is 2.52. The zero-order valence-electron chi connectivity index (χ0n) is 12.2. The minimum absolute atomic E-state index is 0.0281. The van der Waals surface area contributed by atoms with E-state index in [1.165, 1.54) is 11.0 Å². The number of nitrogens with one attached hydrogen (secondary N) is 1. The molecule has 23 heavy (non-hydrogen) atoms. The Morgan fingerprint density at radius 2 is 2.13 bits per heavy atom. The van der Waals surface area contributed by atoms with Crippen LogP contribution in [0.1, 0.15) is 23.2 Å². The van der Waals surface area contributed by atoms with Crippen molar-refractivity contribution in [2.24, 2.45) is 0 Å². The number of aliphatic carboxylic acids is 1.